The minimum atomic E-state index is -3.22. The molecule has 0 atom stereocenters. The van der Waals surface area contributed by atoms with E-state index in [-0.39, 0.29) is 5.92 Å². The molecular weight excluding hydrogens is 236 g/mol. The minimum absolute atomic E-state index is 0.253. The van der Waals surface area contributed by atoms with Gasteiger partial charge in [-0.15, -0.1) is 12.3 Å². The molecule has 0 saturated carbocycles. The molecule has 2 rings (SSSR count). The van der Waals surface area contributed by atoms with Crippen molar-refractivity contribution in [2.45, 2.75) is 32.1 Å². The summed E-state index contributed by atoms with van der Waals surface area (Å²) >= 11 is 0. The van der Waals surface area contributed by atoms with Crippen molar-refractivity contribution in [2.24, 2.45) is 5.92 Å². The van der Waals surface area contributed by atoms with Crippen LogP contribution < -0.4 is 0 Å². The van der Waals surface area contributed by atoms with Crippen molar-refractivity contribution in [3.8, 4) is 12.3 Å². The molecular formula is C12H20N2O2S. The first-order valence-corrected chi connectivity index (χ1v) is 7.75. The number of rotatable bonds is 2. The Morgan fingerprint density at radius 3 is 2.00 bits per heavy atom. The molecule has 17 heavy (non-hydrogen) atoms. The molecule has 2 heterocycles. The average Bonchev–Trinajstić information content (AvgIpc) is 2.40. The fraction of sp³-hybridized carbons (Fsp3) is 0.833. The van der Waals surface area contributed by atoms with Gasteiger partial charge in [0, 0.05) is 32.1 Å². The molecule has 0 aromatic heterocycles. The minimum Gasteiger partial charge on any atom is -0.195 e. The summed E-state index contributed by atoms with van der Waals surface area (Å²) in [6.45, 7) is 2.51. The number of terminal acetylenes is 1. The summed E-state index contributed by atoms with van der Waals surface area (Å²) in [6.07, 6.45) is 10.1. The smallest absolute Gasteiger partial charge is 0.195 e. The van der Waals surface area contributed by atoms with Gasteiger partial charge in [0.15, 0.2) is 0 Å². The molecule has 2 aliphatic rings. The Kier molecular flexibility index (Phi) is 4.08. The Labute approximate surface area is 104 Å². The van der Waals surface area contributed by atoms with Crippen LogP contribution in [0.1, 0.15) is 32.1 Å². The van der Waals surface area contributed by atoms with Gasteiger partial charge in [-0.2, -0.15) is 17.0 Å². The van der Waals surface area contributed by atoms with Crippen molar-refractivity contribution in [1.82, 2.24) is 8.61 Å². The van der Waals surface area contributed by atoms with Crippen molar-refractivity contribution in [3.63, 3.8) is 0 Å². The van der Waals surface area contributed by atoms with Crippen LogP contribution in [0.3, 0.4) is 0 Å². The molecule has 0 aliphatic carbocycles. The predicted octanol–water partition coefficient (Wildman–Crippen LogP) is 1.06. The highest BCUT2D eigenvalue weighted by molar-refractivity contribution is 7.86. The SMILES string of the molecule is C#CC1CCN(S(=O)(=O)N2CCCCC2)CC1. The molecule has 0 radical (unpaired) electrons. The molecule has 2 saturated heterocycles. The van der Waals surface area contributed by atoms with Gasteiger partial charge in [-0.3, -0.25) is 0 Å². The van der Waals surface area contributed by atoms with Crippen molar-refractivity contribution in [1.29, 1.82) is 0 Å². The molecule has 4 nitrogen and oxygen atoms in total. The van der Waals surface area contributed by atoms with Crippen LogP contribution in [-0.2, 0) is 10.2 Å². The van der Waals surface area contributed by atoms with Gasteiger partial charge in [-0.1, -0.05) is 6.42 Å². The van der Waals surface area contributed by atoms with Crippen molar-refractivity contribution in [3.05, 3.63) is 0 Å². The maximum absolute atomic E-state index is 12.3. The summed E-state index contributed by atoms with van der Waals surface area (Å²) < 4.78 is 27.9. The fourth-order valence-electron chi connectivity index (χ4n) is 2.51. The zero-order valence-electron chi connectivity index (χ0n) is 10.1. The molecule has 0 N–H and O–H groups in total. The number of nitrogens with zero attached hydrogens (tertiary/aromatic N) is 2. The van der Waals surface area contributed by atoms with Crippen LogP contribution in [0, 0.1) is 18.3 Å². The van der Waals surface area contributed by atoms with E-state index in [1.807, 2.05) is 0 Å². The van der Waals surface area contributed by atoms with E-state index in [2.05, 4.69) is 5.92 Å². The second kappa shape index (κ2) is 5.38. The highest BCUT2D eigenvalue weighted by Gasteiger charge is 2.32. The van der Waals surface area contributed by atoms with Gasteiger partial charge >= 0.3 is 0 Å². The summed E-state index contributed by atoms with van der Waals surface area (Å²) in [5.41, 5.74) is 0. The first-order chi connectivity index (χ1) is 8.14. The van der Waals surface area contributed by atoms with E-state index in [1.165, 1.54) is 0 Å². The van der Waals surface area contributed by atoms with Crippen LogP contribution in [-0.4, -0.2) is 43.2 Å². The van der Waals surface area contributed by atoms with E-state index in [4.69, 9.17) is 6.42 Å². The Morgan fingerprint density at radius 1 is 0.941 bits per heavy atom. The molecule has 5 heteroatoms. The zero-order chi connectivity index (χ0) is 12.3. The van der Waals surface area contributed by atoms with E-state index in [0.717, 1.165) is 32.1 Å². The number of piperidine rings is 2. The molecule has 0 aromatic carbocycles. The largest absolute Gasteiger partial charge is 0.281 e. The molecule has 0 bridgehead atoms. The highest BCUT2D eigenvalue weighted by atomic mass is 32.2. The second-order valence-electron chi connectivity index (χ2n) is 4.81. The van der Waals surface area contributed by atoms with Gasteiger partial charge < -0.3 is 0 Å². The van der Waals surface area contributed by atoms with E-state index in [1.54, 1.807) is 8.61 Å². The van der Waals surface area contributed by atoms with Crippen LogP contribution in [0.5, 0.6) is 0 Å². The van der Waals surface area contributed by atoms with Gasteiger partial charge in [0.25, 0.3) is 10.2 Å². The van der Waals surface area contributed by atoms with Crippen molar-refractivity contribution in [2.75, 3.05) is 26.2 Å². The molecule has 0 unspecified atom stereocenters. The lowest BCUT2D eigenvalue weighted by Crippen LogP contribution is -2.48. The van der Waals surface area contributed by atoms with Crippen LogP contribution in [0.15, 0.2) is 0 Å². The number of hydrogen-bond acceptors (Lipinski definition) is 2. The first kappa shape index (κ1) is 12.9. The van der Waals surface area contributed by atoms with Crippen molar-refractivity contribution < 1.29 is 8.42 Å². The molecule has 2 fully saturated rings. The molecule has 0 amide bonds. The molecule has 2 aliphatic heterocycles. The third-order valence-corrected chi connectivity index (χ3v) is 5.69. The number of hydrogen-bond donors (Lipinski definition) is 0. The normalized spacial score (nSPS) is 25.6. The summed E-state index contributed by atoms with van der Waals surface area (Å²) in [5, 5.41) is 0. The van der Waals surface area contributed by atoms with Gasteiger partial charge in [-0.25, -0.2) is 0 Å². The Morgan fingerprint density at radius 2 is 1.47 bits per heavy atom. The third-order valence-electron chi connectivity index (χ3n) is 3.66. The summed E-state index contributed by atoms with van der Waals surface area (Å²) in [6, 6.07) is 0. The molecule has 0 aromatic rings. The average molecular weight is 256 g/mol. The first-order valence-electron chi connectivity index (χ1n) is 6.36. The van der Waals surface area contributed by atoms with Crippen molar-refractivity contribution >= 4 is 10.2 Å². The van der Waals surface area contributed by atoms with Crippen LogP contribution in [0.2, 0.25) is 0 Å². The lowest BCUT2D eigenvalue weighted by atomic mass is 10.00. The van der Waals surface area contributed by atoms with Crippen LogP contribution >= 0.6 is 0 Å². The topological polar surface area (TPSA) is 40.6 Å². The van der Waals surface area contributed by atoms with Crippen LogP contribution in [0.25, 0.3) is 0 Å². The van der Waals surface area contributed by atoms with E-state index in [0.29, 0.717) is 26.2 Å². The van der Waals surface area contributed by atoms with Gasteiger partial charge in [-0.05, 0) is 25.7 Å². The van der Waals surface area contributed by atoms with E-state index >= 15 is 0 Å². The Bertz CT molecular complexity index is 385. The Hall–Kier alpha value is -0.570. The molecule has 96 valence electrons. The standard InChI is InChI=1S/C12H20N2O2S/c1-2-12-6-10-14(11-7-12)17(15,16)13-8-4-3-5-9-13/h1,12H,3-11H2. The predicted molar refractivity (Wildman–Crippen MR) is 67.5 cm³/mol. The fourth-order valence-corrected chi connectivity index (χ4v) is 4.23. The lowest BCUT2D eigenvalue weighted by molar-refractivity contribution is 0.266. The van der Waals surface area contributed by atoms with Gasteiger partial charge in [0.2, 0.25) is 0 Å². The van der Waals surface area contributed by atoms with Gasteiger partial charge in [0.1, 0.15) is 0 Å². The highest BCUT2D eigenvalue weighted by Crippen LogP contribution is 2.22. The summed E-state index contributed by atoms with van der Waals surface area (Å²) in [5.74, 6) is 2.97. The summed E-state index contributed by atoms with van der Waals surface area (Å²) in [4.78, 5) is 0. The quantitative estimate of drug-likeness (QED) is 0.693. The summed E-state index contributed by atoms with van der Waals surface area (Å²) in [7, 11) is -3.22. The maximum atomic E-state index is 12.3. The van der Waals surface area contributed by atoms with E-state index < -0.39 is 10.2 Å². The zero-order valence-corrected chi connectivity index (χ0v) is 11.0. The molecule has 0 spiro atoms. The Balaban J connectivity index is 1.99. The lowest BCUT2D eigenvalue weighted by Gasteiger charge is -2.35. The second-order valence-corrected chi connectivity index (χ2v) is 6.74. The third kappa shape index (κ3) is 2.82. The maximum Gasteiger partial charge on any atom is 0.281 e. The monoisotopic (exact) mass is 256 g/mol. The van der Waals surface area contributed by atoms with E-state index in [9.17, 15) is 8.42 Å². The van der Waals surface area contributed by atoms with Gasteiger partial charge in [0.05, 0.1) is 0 Å². The van der Waals surface area contributed by atoms with Crippen LogP contribution in [0.4, 0.5) is 0 Å².